The third-order valence-electron chi connectivity index (χ3n) is 2.82. The van der Waals surface area contributed by atoms with Crippen LogP contribution in [0.5, 0.6) is 0 Å². The summed E-state index contributed by atoms with van der Waals surface area (Å²) in [4.78, 5) is 15.9. The van der Waals surface area contributed by atoms with Gasteiger partial charge in [-0.15, -0.1) is 0 Å². The monoisotopic (exact) mass is 307 g/mol. The van der Waals surface area contributed by atoms with Crippen molar-refractivity contribution in [3.8, 4) is 0 Å². The molecular weight excluding hydrogens is 294 g/mol. The summed E-state index contributed by atoms with van der Waals surface area (Å²) in [7, 11) is 0. The van der Waals surface area contributed by atoms with Crippen molar-refractivity contribution in [2.45, 2.75) is 29.7 Å². The normalized spacial score (nSPS) is 10.8. The van der Waals surface area contributed by atoms with E-state index in [0.29, 0.717) is 16.0 Å². The number of carbonyl (C=O) groups is 1. The minimum atomic E-state index is -1.03. The summed E-state index contributed by atoms with van der Waals surface area (Å²) >= 11 is 7.48. The fraction of sp³-hybridized carbons (Fsp3) is 0.200. The van der Waals surface area contributed by atoms with Gasteiger partial charge in [-0.2, -0.15) is 0 Å². The average Bonchev–Trinajstić information content (AvgIpc) is 2.41. The topological polar surface area (TPSA) is 50.2 Å². The fourth-order valence-corrected chi connectivity index (χ4v) is 2.69. The van der Waals surface area contributed by atoms with Crippen molar-refractivity contribution in [3.63, 3.8) is 0 Å². The van der Waals surface area contributed by atoms with E-state index in [2.05, 4.69) is 31.0 Å². The van der Waals surface area contributed by atoms with Gasteiger partial charge in [0.1, 0.15) is 5.03 Å². The predicted molar refractivity (Wildman–Crippen MR) is 80.9 cm³/mol. The third kappa shape index (κ3) is 3.52. The lowest BCUT2D eigenvalue weighted by Gasteiger charge is -2.07. The van der Waals surface area contributed by atoms with Gasteiger partial charge >= 0.3 is 5.97 Å². The summed E-state index contributed by atoms with van der Waals surface area (Å²) in [5, 5.41) is 9.82. The highest BCUT2D eigenvalue weighted by Crippen LogP contribution is 2.32. The maximum absolute atomic E-state index is 10.8. The number of aromatic carboxylic acids is 1. The van der Waals surface area contributed by atoms with Crippen molar-refractivity contribution >= 4 is 29.3 Å². The molecule has 0 unspecified atom stereocenters. The van der Waals surface area contributed by atoms with E-state index in [9.17, 15) is 4.79 Å². The quantitative estimate of drug-likeness (QED) is 0.889. The minimum Gasteiger partial charge on any atom is -0.478 e. The second-order valence-electron chi connectivity index (χ2n) is 4.64. The van der Waals surface area contributed by atoms with Crippen LogP contribution in [0.3, 0.4) is 0 Å². The summed E-state index contributed by atoms with van der Waals surface area (Å²) in [5.74, 6) is -0.539. The van der Waals surface area contributed by atoms with Crippen molar-refractivity contribution in [2.75, 3.05) is 0 Å². The molecule has 0 aliphatic heterocycles. The summed E-state index contributed by atoms with van der Waals surface area (Å²) < 4.78 is 0. The lowest BCUT2D eigenvalue weighted by atomic mass is 10.0. The van der Waals surface area contributed by atoms with E-state index in [1.54, 1.807) is 0 Å². The highest BCUT2D eigenvalue weighted by Gasteiger charge is 2.10. The van der Waals surface area contributed by atoms with Crippen LogP contribution < -0.4 is 0 Å². The summed E-state index contributed by atoms with van der Waals surface area (Å²) in [6, 6.07) is 9.60. The largest absolute Gasteiger partial charge is 0.478 e. The zero-order valence-corrected chi connectivity index (χ0v) is 12.7. The Morgan fingerprint density at radius 2 is 1.95 bits per heavy atom. The molecule has 104 valence electrons. The Morgan fingerprint density at radius 1 is 1.30 bits per heavy atom. The molecule has 0 aliphatic rings. The summed E-state index contributed by atoms with van der Waals surface area (Å²) in [5.41, 5.74) is 1.36. The average molecular weight is 308 g/mol. The Kier molecular flexibility index (Phi) is 4.68. The van der Waals surface area contributed by atoms with Crippen molar-refractivity contribution in [2.24, 2.45) is 0 Å². The molecule has 2 aromatic rings. The molecule has 0 atom stereocenters. The molecule has 1 heterocycles. The lowest BCUT2D eigenvalue weighted by molar-refractivity contribution is 0.0696. The van der Waals surface area contributed by atoms with Crippen LogP contribution in [-0.2, 0) is 0 Å². The van der Waals surface area contributed by atoms with Gasteiger partial charge in [-0.05, 0) is 29.7 Å². The van der Waals surface area contributed by atoms with Gasteiger partial charge in [0.2, 0.25) is 0 Å². The molecule has 1 aromatic carbocycles. The van der Waals surface area contributed by atoms with Crippen LogP contribution in [0.25, 0.3) is 0 Å². The second kappa shape index (κ2) is 6.29. The Hall–Kier alpha value is -1.52. The van der Waals surface area contributed by atoms with Crippen LogP contribution >= 0.6 is 23.4 Å². The summed E-state index contributed by atoms with van der Waals surface area (Å²) in [6.45, 7) is 4.29. The van der Waals surface area contributed by atoms with Crippen LogP contribution in [-0.4, -0.2) is 16.1 Å². The smallest absolute Gasteiger partial charge is 0.337 e. The molecule has 0 bridgehead atoms. The second-order valence-corrected chi connectivity index (χ2v) is 6.11. The fourth-order valence-electron chi connectivity index (χ4n) is 1.65. The summed E-state index contributed by atoms with van der Waals surface area (Å²) in [6.07, 6.45) is 1.32. The van der Waals surface area contributed by atoms with Gasteiger partial charge in [0.05, 0.1) is 10.6 Å². The molecule has 0 radical (unpaired) electrons. The van der Waals surface area contributed by atoms with Gasteiger partial charge in [0.15, 0.2) is 0 Å². The Morgan fingerprint density at radius 3 is 2.45 bits per heavy atom. The first kappa shape index (κ1) is 14.9. The zero-order chi connectivity index (χ0) is 14.7. The molecular formula is C15H14ClNO2S. The molecule has 0 fully saturated rings. The van der Waals surface area contributed by atoms with Gasteiger partial charge in [0, 0.05) is 11.1 Å². The van der Waals surface area contributed by atoms with E-state index in [4.69, 9.17) is 16.7 Å². The van der Waals surface area contributed by atoms with Crippen LogP contribution in [0, 0.1) is 0 Å². The van der Waals surface area contributed by atoms with E-state index in [0.717, 1.165) is 4.90 Å². The Balaban J connectivity index is 2.19. The molecule has 3 nitrogen and oxygen atoms in total. The van der Waals surface area contributed by atoms with Crippen molar-refractivity contribution in [1.29, 1.82) is 0 Å². The molecule has 5 heteroatoms. The van der Waals surface area contributed by atoms with Gasteiger partial charge in [0.25, 0.3) is 0 Å². The molecule has 1 N–H and O–H groups in total. The Labute approximate surface area is 127 Å². The first-order valence-electron chi connectivity index (χ1n) is 6.14. The van der Waals surface area contributed by atoms with E-state index >= 15 is 0 Å². The van der Waals surface area contributed by atoms with Crippen LogP contribution in [0.4, 0.5) is 0 Å². The third-order valence-corrected chi connectivity index (χ3v) is 4.24. The highest BCUT2D eigenvalue weighted by molar-refractivity contribution is 7.99. The molecule has 0 saturated heterocycles. The minimum absolute atomic E-state index is 0.0921. The number of benzene rings is 1. The predicted octanol–water partition coefficient (Wildman–Crippen LogP) is 4.71. The maximum Gasteiger partial charge on any atom is 0.337 e. The Bertz CT molecular complexity index is 626. The van der Waals surface area contributed by atoms with Crippen LogP contribution in [0.1, 0.15) is 35.7 Å². The van der Waals surface area contributed by atoms with Crippen molar-refractivity contribution in [1.82, 2.24) is 4.98 Å². The van der Waals surface area contributed by atoms with Crippen molar-refractivity contribution in [3.05, 3.63) is 52.7 Å². The van der Waals surface area contributed by atoms with Gasteiger partial charge in [-0.3, -0.25) is 0 Å². The van der Waals surface area contributed by atoms with Gasteiger partial charge < -0.3 is 5.11 Å². The number of halogens is 1. The van der Waals surface area contributed by atoms with Gasteiger partial charge in [-0.1, -0.05) is 49.3 Å². The molecule has 1 aromatic heterocycles. The first-order chi connectivity index (χ1) is 9.47. The number of carboxylic acid groups (broad SMARTS) is 1. The number of hydrogen-bond acceptors (Lipinski definition) is 3. The van der Waals surface area contributed by atoms with E-state index in [-0.39, 0.29) is 5.56 Å². The number of rotatable bonds is 4. The number of nitrogens with zero attached hydrogens (tertiary/aromatic N) is 1. The molecule has 2 rings (SSSR count). The molecule has 20 heavy (non-hydrogen) atoms. The standard InChI is InChI=1S/C15H14ClNO2S/c1-9(2)10-3-5-12(6-4-10)20-14-13(16)7-11(8-17-14)15(18)19/h3-9H,1-2H3,(H,18,19). The SMILES string of the molecule is CC(C)c1ccc(Sc2ncc(C(=O)O)cc2Cl)cc1. The first-order valence-corrected chi connectivity index (χ1v) is 7.33. The van der Waals surface area contributed by atoms with Crippen LogP contribution in [0.2, 0.25) is 5.02 Å². The zero-order valence-electron chi connectivity index (χ0n) is 11.1. The number of hydrogen-bond donors (Lipinski definition) is 1. The number of carboxylic acids is 1. The van der Waals surface area contributed by atoms with Crippen LogP contribution in [0.15, 0.2) is 46.5 Å². The molecule has 0 spiro atoms. The maximum atomic E-state index is 10.8. The van der Waals surface area contributed by atoms with Crippen molar-refractivity contribution < 1.29 is 9.90 Å². The van der Waals surface area contributed by atoms with E-state index < -0.39 is 5.97 Å². The molecule has 0 amide bonds. The van der Waals surface area contributed by atoms with Gasteiger partial charge in [-0.25, -0.2) is 9.78 Å². The highest BCUT2D eigenvalue weighted by atomic mass is 35.5. The number of pyridine rings is 1. The van der Waals surface area contributed by atoms with E-state index in [1.165, 1.54) is 29.6 Å². The molecule has 0 saturated carbocycles. The number of aromatic nitrogens is 1. The lowest BCUT2D eigenvalue weighted by Crippen LogP contribution is -1.97. The van der Waals surface area contributed by atoms with E-state index in [1.807, 2.05) is 12.1 Å². The molecule has 0 aliphatic carbocycles.